The van der Waals surface area contributed by atoms with E-state index in [1.165, 1.54) is 14.2 Å². The van der Waals surface area contributed by atoms with Crippen molar-refractivity contribution < 1.29 is 28.5 Å². The van der Waals surface area contributed by atoms with E-state index >= 15 is 0 Å². The van der Waals surface area contributed by atoms with Crippen LogP contribution in [-0.4, -0.2) is 51.7 Å². The van der Waals surface area contributed by atoms with Crippen molar-refractivity contribution in [3.05, 3.63) is 52.6 Å². The first-order valence-electron chi connectivity index (χ1n) is 9.14. The first-order valence-corrected chi connectivity index (χ1v) is 9.52. The Kier molecular flexibility index (Phi) is 6.52. The Morgan fingerprint density at radius 3 is 1.93 bits per heavy atom. The van der Waals surface area contributed by atoms with Gasteiger partial charge in [0.2, 0.25) is 0 Å². The van der Waals surface area contributed by atoms with Crippen LogP contribution in [0.5, 0.6) is 23.0 Å². The number of carbonyl (C=O) groups is 2. The predicted molar refractivity (Wildman–Crippen MR) is 112 cm³/mol. The van der Waals surface area contributed by atoms with Gasteiger partial charge in [-0.15, -0.1) is 0 Å². The van der Waals surface area contributed by atoms with Gasteiger partial charge in [0.15, 0.2) is 23.0 Å². The lowest BCUT2D eigenvalue weighted by atomic mass is 10.1. The Bertz CT molecular complexity index is 1020. The average molecular weight is 432 g/mol. The zero-order valence-corrected chi connectivity index (χ0v) is 17.9. The fourth-order valence-electron chi connectivity index (χ4n) is 3.27. The van der Waals surface area contributed by atoms with Gasteiger partial charge in [-0.3, -0.25) is 14.5 Å². The standard InChI is InChI=1S/C22H22ClNO6/c1-27-15-7-5-13(11-17(15)29-3)9-10-24-21(25)19(20(23)22(24)26)14-6-8-16(28-2)18(12-14)30-4/h5-8,11-12H,9-10H2,1-4H3. The summed E-state index contributed by atoms with van der Waals surface area (Å²) in [7, 11) is 6.12. The van der Waals surface area contributed by atoms with Crippen molar-refractivity contribution in [1.29, 1.82) is 0 Å². The summed E-state index contributed by atoms with van der Waals surface area (Å²) in [6, 6.07) is 10.4. The quantitative estimate of drug-likeness (QED) is 0.597. The van der Waals surface area contributed by atoms with Crippen molar-refractivity contribution >= 4 is 29.0 Å². The summed E-state index contributed by atoms with van der Waals surface area (Å²) in [6.45, 7) is 0.181. The fraction of sp³-hybridized carbons (Fsp3) is 0.273. The van der Waals surface area contributed by atoms with E-state index in [1.54, 1.807) is 38.5 Å². The molecular weight excluding hydrogens is 410 g/mol. The van der Waals surface area contributed by atoms with Crippen molar-refractivity contribution in [3.8, 4) is 23.0 Å². The molecule has 0 N–H and O–H groups in total. The Morgan fingerprint density at radius 1 is 0.767 bits per heavy atom. The van der Waals surface area contributed by atoms with Gasteiger partial charge in [0.25, 0.3) is 11.8 Å². The van der Waals surface area contributed by atoms with E-state index in [1.807, 2.05) is 12.1 Å². The summed E-state index contributed by atoms with van der Waals surface area (Å²) in [5.41, 5.74) is 1.53. The Morgan fingerprint density at radius 2 is 1.33 bits per heavy atom. The molecule has 0 aromatic heterocycles. The van der Waals surface area contributed by atoms with Crippen molar-refractivity contribution in [2.24, 2.45) is 0 Å². The van der Waals surface area contributed by atoms with Crippen LogP contribution >= 0.6 is 11.6 Å². The van der Waals surface area contributed by atoms with Gasteiger partial charge >= 0.3 is 0 Å². The molecule has 2 aromatic carbocycles. The van der Waals surface area contributed by atoms with Gasteiger partial charge in [-0.2, -0.15) is 0 Å². The molecule has 0 spiro atoms. The Hall–Kier alpha value is -3.19. The van der Waals surface area contributed by atoms with E-state index in [2.05, 4.69) is 0 Å². The molecular formula is C22H22ClNO6. The minimum atomic E-state index is -0.521. The maximum absolute atomic E-state index is 13.0. The van der Waals surface area contributed by atoms with Crippen LogP contribution in [-0.2, 0) is 16.0 Å². The van der Waals surface area contributed by atoms with Crippen molar-refractivity contribution in [3.63, 3.8) is 0 Å². The molecule has 8 heteroatoms. The van der Waals surface area contributed by atoms with Crippen LogP contribution < -0.4 is 18.9 Å². The van der Waals surface area contributed by atoms with Gasteiger partial charge in [0, 0.05) is 6.54 Å². The van der Waals surface area contributed by atoms with Crippen LogP contribution in [0.15, 0.2) is 41.4 Å². The summed E-state index contributed by atoms with van der Waals surface area (Å²) in [5, 5.41) is -0.112. The van der Waals surface area contributed by atoms with Crippen molar-refractivity contribution in [1.82, 2.24) is 4.90 Å². The number of rotatable bonds is 8. The molecule has 1 aliphatic heterocycles. The van der Waals surface area contributed by atoms with Crippen LogP contribution in [0.25, 0.3) is 5.57 Å². The molecule has 3 rings (SSSR count). The van der Waals surface area contributed by atoms with E-state index in [9.17, 15) is 9.59 Å². The number of methoxy groups -OCH3 is 4. The number of benzene rings is 2. The number of amides is 2. The van der Waals surface area contributed by atoms with Gasteiger partial charge in [0.05, 0.1) is 34.0 Å². The number of hydrogen-bond acceptors (Lipinski definition) is 6. The Labute approximate surface area is 179 Å². The number of imide groups is 1. The van der Waals surface area contributed by atoms with E-state index in [4.69, 9.17) is 30.5 Å². The first-order chi connectivity index (χ1) is 14.4. The maximum Gasteiger partial charge on any atom is 0.273 e. The molecule has 2 aromatic rings. The lowest BCUT2D eigenvalue weighted by Gasteiger charge is -2.16. The van der Waals surface area contributed by atoms with Gasteiger partial charge < -0.3 is 18.9 Å². The molecule has 0 unspecified atom stereocenters. The van der Waals surface area contributed by atoms with Crippen molar-refractivity contribution in [2.45, 2.75) is 6.42 Å². The highest BCUT2D eigenvalue weighted by molar-refractivity contribution is 6.55. The molecule has 158 valence electrons. The molecule has 0 aliphatic carbocycles. The van der Waals surface area contributed by atoms with Gasteiger partial charge in [0.1, 0.15) is 5.03 Å². The molecule has 1 heterocycles. The van der Waals surface area contributed by atoms with Crippen LogP contribution in [0.1, 0.15) is 11.1 Å². The van der Waals surface area contributed by atoms with Gasteiger partial charge in [-0.1, -0.05) is 23.7 Å². The Balaban J connectivity index is 1.81. The first kappa shape index (κ1) is 21.5. The number of ether oxygens (including phenoxy) is 4. The monoisotopic (exact) mass is 431 g/mol. The number of carbonyl (C=O) groups excluding carboxylic acids is 2. The van der Waals surface area contributed by atoms with E-state index in [0.29, 0.717) is 35.0 Å². The van der Waals surface area contributed by atoms with Gasteiger partial charge in [-0.05, 0) is 41.8 Å². The highest BCUT2D eigenvalue weighted by atomic mass is 35.5. The molecule has 7 nitrogen and oxygen atoms in total. The highest BCUT2D eigenvalue weighted by Gasteiger charge is 2.38. The molecule has 0 bridgehead atoms. The summed E-state index contributed by atoms with van der Waals surface area (Å²) in [6.07, 6.45) is 0.446. The SMILES string of the molecule is COc1ccc(CCN2C(=O)C(Cl)=C(c3ccc(OC)c(OC)c3)C2=O)cc1OC. The molecule has 1 aliphatic rings. The van der Waals surface area contributed by atoms with E-state index < -0.39 is 11.8 Å². The van der Waals surface area contributed by atoms with Crippen LogP contribution in [0.3, 0.4) is 0 Å². The molecule has 30 heavy (non-hydrogen) atoms. The molecule has 0 atom stereocenters. The lowest BCUT2D eigenvalue weighted by molar-refractivity contribution is -0.136. The fourth-order valence-corrected chi connectivity index (χ4v) is 3.56. The van der Waals surface area contributed by atoms with E-state index in [0.717, 1.165) is 10.5 Å². The largest absolute Gasteiger partial charge is 0.493 e. The number of nitrogens with zero attached hydrogens (tertiary/aromatic N) is 1. The second-order valence-corrected chi connectivity index (χ2v) is 6.84. The number of hydrogen-bond donors (Lipinski definition) is 0. The third-order valence-corrected chi connectivity index (χ3v) is 5.21. The third-order valence-electron chi connectivity index (χ3n) is 4.86. The van der Waals surface area contributed by atoms with Gasteiger partial charge in [-0.25, -0.2) is 0 Å². The highest BCUT2D eigenvalue weighted by Crippen LogP contribution is 2.36. The molecule has 2 amide bonds. The lowest BCUT2D eigenvalue weighted by Crippen LogP contribution is -2.33. The number of halogens is 1. The molecule has 0 radical (unpaired) electrons. The average Bonchev–Trinajstić information content (AvgIpc) is 2.99. The van der Waals surface area contributed by atoms with Crippen LogP contribution in [0.2, 0.25) is 0 Å². The molecule has 0 saturated carbocycles. The minimum absolute atomic E-state index is 0.112. The molecule has 0 saturated heterocycles. The topological polar surface area (TPSA) is 74.3 Å². The van der Waals surface area contributed by atoms with Crippen LogP contribution in [0, 0.1) is 0 Å². The van der Waals surface area contributed by atoms with E-state index in [-0.39, 0.29) is 17.2 Å². The second kappa shape index (κ2) is 9.09. The zero-order chi connectivity index (χ0) is 21.8. The summed E-state index contributed by atoms with van der Waals surface area (Å²) >= 11 is 6.25. The summed E-state index contributed by atoms with van der Waals surface area (Å²) in [4.78, 5) is 26.8. The summed E-state index contributed by atoms with van der Waals surface area (Å²) < 4.78 is 21.0. The second-order valence-electron chi connectivity index (χ2n) is 6.46. The van der Waals surface area contributed by atoms with Crippen LogP contribution in [0.4, 0.5) is 0 Å². The predicted octanol–water partition coefficient (Wildman–Crippen LogP) is 3.28. The zero-order valence-electron chi connectivity index (χ0n) is 17.2. The smallest absolute Gasteiger partial charge is 0.273 e. The van der Waals surface area contributed by atoms with Crippen molar-refractivity contribution in [2.75, 3.05) is 35.0 Å². The summed E-state index contributed by atoms with van der Waals surface area (Å²) in [5.74, 6) is 1.17. The molecule has 0 fully saturated rings. The minimum Gasteiger partial charge on any atom is -0.493 e. The third kappa shape index (κ3) is 3.93. The maximum atomic E-state index is 13.0. The normalized spacial score (nSPS) is 13.7.